The summed E-state index contributed by atoms with van der Waals surface area (Å²) >= 11 is 1.62. The Bertz CT molecular complexity index is 1360. The van der Waals surface area contributed by atoms with Crippen LogP contribution in [0.25, 0.3) is 0 Å². The van der Waals surface area contributed by atoms with Crippen molar-refractivity contribution in [2.24, 2.45) is 5.92 Å². The Kier molecular flexibility index (Phi) is 9.27. The molecule has 3 aromatic rings. The summed E-state index contributed by atoms with van der Waals surface area (Å²) in [6, 6.07) is 11.4. The number of fused-ring (bicyclic) bond motifs is 1. The minimum atomic E-state index is -3.84. The van der Waals surface area contributed by atoms with Gasteiger partial charge in [-0.05, 0) is 50.1 Å². The van der Waals surface area contributed by atoms with E-state index in [1.54, 1.807) is 73.0 Å². The van der Waals surface area contributed by atoms with Gasteiger partial charge in [0.25, 0.3) is 15.9 Å². The topological polar surface area (TPSA) is 101 Å². The molecule has 0 fully saturated rings. The lowest BCUT2D eigenvalue weighted by Gasteiger charge is -2.35. The predicted octanol–water partition coefficient (Wildman–Crippen LogP) is 4.26. The average Bonchev–Trinajstić information content (AvgIpc) is 3.42. The summed E-state index contributed by atoms with van der Waals surface area (Å²) in [5.41, 5.74) is 1.52. The summed E-state index contributed by atoms with van der Waals surface area (Å²) in [7, 11) is -0.456. The molecule has 1 aliphatic heterocycles. The minimum absolute atomic E-state index is 0.0219. The first-order valence-electron chi connectivity index (χ1n) is 12.8. The van der Waals surface area contributed by atoms with Crippen LogP contribution in [0.15, 0.2) is 58.9 Å². The van der Waals surface area contributed by atoms with Crippen LogP contribution in [0.4, 0.5) is 5.69 Å². The molecule has 39 heavy (non-hydrogen) atoms. The number of thiazole rings is 1. The maximum atomic E-state index is 13.6. The number of hydrogen-bond donors (Lipinski definition) is 1. The van der Waals surface area contributed by atoms with Crippen molar-refractivity contribution in [1.82, 2.24) is 14.8 Å². The van der Waals surface area contributed by atoms with Crippen molar-refractivity contribution < 1.29 is 22.7 Å². The molecular weight excluding hydrogens is 536 g/mol. The molecule has 0 radical (unpaired) electrons. The standard InChI is InChI=1S/C28H36N4O5S2/c1-19-6-9-23(10-7-19)39(34,35)30-22-8-11-25-24(14-22)28(33)31(4)16-26(36-5)20(2)15-32(21(3)18-37-25)17-27-29-12-13-38-27/h6-14,20-21,26,30H,15-18H2,1-5H3/t20-,21-,26+/m0/s1. The molecule has 3 atom stereocenters. The molecule has 4 rings (SSSR count). The number of sulfonamides is 1. The zero-order valence-corrected chi connectivity index (χ0v) is 24.6. The molecule has 1 aromatic heterocycles. The van der Waals surface area contributed by atoms with E-state index in [1.807, 2.05) is 12.3 Å². The Hall–Kier alpha value is -2.99. The summed E-state index contributed by atoms with van der Waals surface area (Å²) in [5, 5.41) is 2.99. The average molecular weight is 573 g/mol. The Morgan fingerprint density at radius 2 is 1.90 bits per heavy atom. The Morgan fingerprint density at radius 1 is 1.15 bits per heavy atom. The minimum Gasteiger partial charge on any atom is -0.491 e. The molecular formula is C28H36N4O5S2. The van der Waals surface area contributed by atoms with Crippen LogP contribution in [-0.4, -0.2) is 75.1 Å². The molecule has 2 heterocycles. The Balaban J connectivity index is 1.65. The fraction of sp³-hybridized carbons (Fsp3) is 0.429. The van der Waals surface area contributed by atoms with Gasteiger partial charge in [0.15, 0.2) is 0 Å². The number of likely N-dealkylation sites (N-methyl/N-ethyl adjacent to an activating group) is 1. The van der Waals surface area contributed by atoms with E-state index >= 15 is 0 Å². The number of methoxy groups -OCH3 is 1. The van der Waals surface area contributed by atoms with E-state index in [9.17, 15) is 13.2 Å². The molecule has 0 spiro atoms. The third-order valence-corrected chi connectivity index (χ3v) is 9.14. The highest BCUT2D eigenvalue weighted by atomic mass is 32.2. The third-order valence-electron chi connectivity index (χ3n) is 6.98. The van der Waals surface area contributed by atoms with Gasteiger partial charge in [0.1, 0.15) is 17.4 Å². The van der Waals surface area contributed by atoms with Crippen LogP contribution in [0.2, 0.25) is 0 Å². The fourth-order valence-corrected chi connectivity index (χ4v) is 6.26. The second-order valence-corrected chi connectivity index (χ2v) is 12.7. The highest BCUT2D eigenvalue weighted by Crippen LogP contribution is 2.28. The van der Waals surface area contributed by atoms with Gasteiger partial charge in [-0.1, -0.05) is 24.6 Å². The number of aryl methyl sites for hydroxylation is 1. The van der Waals surface area contributed by atoms with Crippen molar-refractivity contribution in [3.05, 3.63) is 70.2 Å². The highest BCUT2D eigenvalue weighted by molar-refractivity contribution is 7.92. The zero-order valence-electron chi connectivity index (χ0n) is 23.0. The summed E-state index contributed by atoms with van der Waals surface area (Å²) in [6.07, 6.45) is 1.61. The smallest absolute Gasteiger partial charge is 0.261 e. The van der Waals surface area contributed by atoms with Crippen LogP contribution in [0.1, 0.15) is 34.8 Å². The van der Waals surface area contributed by atoms with E-state index in [4.69, 9.17) is 9.47 Å². The van der Waals surface area contributed by atoms with Crippen molar-refractivity contribution in [2.75, 3.05) is 38.6 Å². The van der Waals surface area contributed by atoms with E-state index in [-0.39, 0.29) is 40.1 Å². The zero-order chi connectivity index (χ0) is 28.2. The summed E-state index contributed by atoms with van der Waals surface area (Å²) in [6.45, 7) is 8.24. The van der Waals surface area contributed by atoms with Crippen molar-refractivity contribution in [3.8, 4) is 5.75 Å². The number of nitrogens with zero attached hydrogens (tertiary/aromatic N) is 3. The summed E-state index contributed by atoms with van der Waals surface area (Å²) in [4.78, 5) is 22.1. The maximum Gasteiger partial charge on any atom is 0.261 e. The number of carbonyl (C=O) groups is 1. The normalized spacial score (nSPS) is 21.4. The van der Waals surface area contributed by atoms with E-state index in [2.05, 4.69) is 28.5 Å². The second-order valence-electron chi connectivity index (χ2n) is 10.1. The van der Waals surface area contributed by atoms with Gasteiger partial charge in [-0.2, -0.15) is 0 Å². The Labute approximate surface area is 234 Å². The van der Waals surface area contributed by atoms with Crippen molar-refractivity contribution in [1.29, 1.82) is 0 Å². The molecule has 0 unspecified atom stereocenters. The second kappa shape index (κ2) is 12.5. The lowest BCUT2D eigenvalue weighted by molar-refractivity contribution is 0.00921. The molecule has 1 aliphatic rings. The number of ether oxygens (including phenoxy) is 2. The van der Waals surface area contributed by atoms with Crippen LogP contribution in [0, 0.1) is 12.8 Å². The molecule has 0 saturated heterocycles. The van der Waals surface area contributed by atoms with Gasteiger partial charge in [0, 0.05) is 50.6 Å². The summed E-state index contributed by atoms with van der Waals surface area (Å²) in [5.74, 6) is 0.247. The number of hydrogen-bond acceptors (Lipinski definition) is 8. The molecule has 0 bridgehead atoms. The van der Waals surface area contributed by atoms with Crippen LogP contribution in [-0.2, 0) is 21.3 Å². The number of carbonyl (C=O) groups excluding carboxylic acids is 1. The number of rotatable bonds is 6. The quantitative estimate of drug-likeness (QED) is 0.471. The van der Waals surface area contributed by atoms with E-state index in [1.165, 1.54) is 6.07 Å². The van der Waals surface area contributed by atoms with Crippen molar-refractivity contribution in [2.45, 2.75) is 44.4 Å². The predicted molar refractivity (Wildman–Crippen MR) is 153 cm³/mol. The monoisotopic (exact) mass is 572 g/mol. The van der Waals surface area contributed by atoms with Gasteiger partial charge in [-0.25, -0.2) is 13.4 Å². The molecule has 1 N–H and O–H groups in total. The van der Waals surface area contributed by atoms with Crippen LogP contribution in [0.5, 0.6) is 5.75 Å². The molecule has 210 valence electrons. The molecule has 0 saturated carbocycles. The van der Waals surface area contributed by atoms with E-state index in [0.717, 1.165) is 17.1 Å². The SMILES string of the molecule is CO[C@@H]1CN(C)C(=O)c2cc(NS(=O)(=O)c3ccc(C)cc3)ccc2OC[C@H](C)N(Cc2nccs2)C[C@@H]1C. The fourth-order valence-electron chi connectivity index (χ4n) is 4.57. The van der Waals surface area contributed by atoms with Gasteiger partial charge >= 0.3 is 0 Å². The van der Waals surface area contributed by atoms with Crippen LogP contribution in [0.3, 0.4) is 0 Å². The van der Waals surface area contributed by atoms with Gasteiger partial charge in [-0.3, -0.25) is 14.4 Å². The van der Waals surface area contributed by atoms with E-state index in [0.29, 0.717) is 25.4 Å². The first kappa shape index (κ1) is 29.0. The number of anilines is 1. The molecule has 9 nitrogen and oxygen atoms in total. The Morgan fingerprint density at radius 3 is 2.56 bits per heavy atom. The number of amides is 1. The molecule has 0 aliphatic carbocycles. The number of nitrogens with one attached hydrogen (secondary N) is 1. The largest absolute Gasteiger partial charge is 0.491 e. The molecule has 2 aromatic carbocycles. The van der Waals surface area contributed by atoms with Gasteiger partial charge in [0.05, 0.1) is 23.1 Å². The third kappa shape index (κ3) is 7.16. The first-order valence-corrected chi connectivity index (χ1v) is 15.2. The maximum absolute atomic E-state index is 13.6. The summed E-state index contributed by atoms with van der Waals surface area (Å²) < 4.78 is 40.6. The van der Waals surface area contributed by atoms with Crippen molar-refractivity contribution >= 4 is 33.0 Å². The van der Waals surface area contributed by atoms with Gasteiger partial charge < -0.3 is 14.4 Å². The highest BCUT2D eigenvalue weighted by Gasteiger charge is 2.29. The van der Waals surface area contributed by atoms with E-state index < -0.39 is 10.0 Å². The van der Waals surface area contributed by atoms with Crippen LogP contribution >= 0.6 is 11.3 Å². The molecule has 1 amide bonds. The molecule has 11 heteroatoms. The van der Waals surface area contributed by atoms with Crippen molar-refractivity contribution in [3.63, 3.8) is 0 Å². The lowest BCUT2D eigenvalue weighted by atomic mass is 10.0. The first-order chi connectivity index (χ1) is 18.6. The lowest BCUT2D eigenvalue weighted by Crippen LogP contribution is -2.46. The van der Waals surface area contributed by atoms with Gasteiger partial charge in [-0.15, -0.1) is 11.3 Å². The van der Waals surface area contributed by atoms with Crippen LogP contribution < -0.4 is 9.46 Å². The van der Waals surface area contributed by atoms with Gasteiger partial charge in [0.2, 0.25) is 0 Å². The number of aromatic nitrogens is 1. The number of benzene rings is 2.